The molecule has 0 fully saturated rings. The van der Waals surface area contributed by atoms with Crippen LogP contribution in [0.15, 0.2) is 4.47 Å². The van der Waals surface area contributed by atoms with Gasteiger partial charge in [0.2, 0.25) is 0 Å². The highest BCUT2D eigenvalue weighted by Gasteiger charge is 2.13. The average molecular weight is 318 g/mol. The molecule has 1 aromatic rings. The van der Waals surface area contributed by atoms with Crippen LogP contribution in [0.25, 0.3) is 0 Å². The standard InChI is InChI=1S/C13H24BrN3O/c1-4-10(18)7-8-15-9-12-13(14)11(5-2)16-17(12)6-3/h10,15,18H,4-9H2,1-3H3. The molecule has 0 radical (unpaired) electrons. The third-order valence-corrected chi connectivity index (χ3v) is 4.03. The number of halogens is 1. The predicted octanol–water partition coefficient (Wildman–Crippen LogP) is 2.48. The SMILES string of the molecule is CCc1nn(CC)c(CNCCC(O)CC)c1Br. The summed E-state index contributed by atoms with van der Waals surface area (Å²) in [4.78, 5) is 0. The molecule has 104 valence electrons. The summed E-state index contributed by atoms with van der Waals surface area (Å²) in [5.41, 5.74) is 2.31. The minimum atomic E-state index is -0.191. The molecule has 1 heterocycles. The van der Waals surface area contributed by atoms with Crippen molar-refractivity contribution in [3.63, 3.8) is 0 Å². The van der Waals surface area contributed by atoms with Gasteiger partial charge in [0.15, 0.2) is 0 Å². The van der Waals surface area contributed by atoms with E-state index in [9.17, 15) is 5.11 Å². The van der Waals surface area contributed by atoms with Gasteiger partial charge in [0, 0.05) is 13.1 Å². The van der Waals surface area contributed by atoms with Gasteiger partial charge in [-0.1, -0.05) is 13.8 Å². The van der Waals surface area contributed by atoms with Crippen molar-refractivity contribution in [2.75, 3.05) is 6.54 Å². The molecule has 0 saturated carbocycles. The number of nitrogens with one attached hydrogen (secondary N) is 1. The monoisotopic (exact) mass is 317 g/mol. The smallest absolute Gasteiger partial charge is 0.0767 e. The van der Waals surface area contributed by atoms with E-state index in [2.05, 4.69) is 40.2 Å². The molecule has 1 unspecified atom stereocenters. The quantitative estimate of drug-likeness (QED) is 0.724. The molecule has 18 heavy (non-hydrogen) atoms. The zero-order valence-electron chi connectivity index (χ0n) is 11.5. The van der Waals surface area contributed by atoms with Crippen LogP contribution in [0.3, 0.4) is 0 Å². The Labute approximate surface area is 118 Å². The van der Waals surface area contributed by atoms with Crippen molar-refractivity contribution < 1.29 is 5.11 Å². The first-order chi connectivity index (χ1) is 8.63. The molecule has 4 nitrogen and oxygen atoms in total. The number of aromatic nitrogens is 2. The summed E-state index contributed by atoms with van der Waals surface area (Å²) in [5, 5.41) is 17.4. The van der Waals surface area contributed by atoms with Crippen molar-refractivity contribution in [1.29, 1.82) is 0 Å². The minimum Gasteiger partial charge on any atom is -0.393 e. The normalized spacial score (nSPS) is 12.9. The first-order valence-corrected chi connectivity index (χ1v) is 7.56. The maximum atomic E-state index is 9.49. The Hall–Kier alpha value is -0.390. The summed E-state index contributed by atoms with van der Waals surface area (Å²) in [7, 11) is 0. The number of aliphatic hydroxyl groups is 1. The lowest BCUT2D eigenvalue weighted by Gasteiger charge is -2.10. The van der Waals surface area contributed by atoms with E-state index in [0.29, 0.717) is 0 Å². The van der Waals surface area contributed by atoms with Gasteiger partial charge in [0.05, 0.1) is 22.0 Å². The van der Waals surface area contributed by atoms with E-state index in [4.69, 9.17) is 0 Å². The predicted molar refractivity (Wildman–Crippen MR) is 77.6 cm³/mol. The Balaban J connectivity index is 2.53. The highest BCUT2D eigenvalue weighted by atomic mass is 79.9. The fraction of sp³-hybridized carbons (Fsp3) is 0.769. The van der Waals surface area contributed by atoms with Gasteiger partial charge in [0.1, 0.15) is 0 Å². The van der Waals surface area contributed by atoms with E-state index in [1.807, 2.05) is 11.6 Å². The van der Waals surface area contributed by atoms with Gasteiger partial charge in [-0.05, 0) is 48.7 Å². The Morgan fingerprint density at radius 3 is 2.67 bits per heavy atom. The average Bonchev–Trinajstić information content (AvgIpc) is 2.70. The first-order valence-electron chi connectivity index (χ1n) is 6.76. The maximum absolute atomic E-state index is 9.49. The van der Waals surface area contributed by atoms with Gasteiger partial charge >= 0.3 is 0 Å². The number of aryl methyl sites for hydroxylation is 2. The number of hydrogen-bond acceptors (Lipinski definition) is 3. The Bertz CT molecular complexity index is 365. The van der Waals surface area contributed by atoms with Gasteiger partial charge in [-0.25, -0.2) is 0 Å². The van der Waals surface area contributed by atoms with Crippen LogP contribution in [0.5, 0.6) is 0 Å². The molecule has 1 atom stereocenters. The van der Waals surface area contributed by atoms with Crippen molar-refractivity contribution in [2.45, 2.75) is 59.2 Å². The third-order valence-electron chi connectivity index (χ3n) is 3.11. The zero-order valence-corrected chi connectivity index (χ0v) is 13.1. The van der Waals surface area contributed by atoms with E-state index >= 15 is 0 Å². The van der Waals surface area contributed by atoms with Gasteiger partial charge in [0.25, 0.3) is 0 Å². The van der Waals surface area contributed by atoms with Gasteiger partial charge in [-0.2, -0.15) is 5.10 Å². The van der Waals surface area contributed by atoms with Crippen LogP contribution >= 0.6 is 15.9 Å². The number of hydrogen-bond donors (Lipinski definition) is 2. The lowest BCUT2D eigenvalue weighted by molar-refractivity contribution is 0.159. The molecular weight excluding hydrogens is 294 g/mol. The Morgan fingerprint density at radius 2 is 2.11 bits per heavy atom. The van der Waals surface area contributed by atoms with Crippen LogP contribution in [-0.4, -0.2) is 27.5 Å². The van der Waals surface area contributed by atoms with E-state index in [1.165, 1.54) is 5.69 Å². The highest BCUT2D eigenvalue weighted by Crippen LogP contribution is 2.22. The molecule has 5 heteroatoms. The van der Waals surface area contributed by atoms with Gasteiger partial charge < -0.3 is 10.4 Å². The molecule has 0 bridgehead atoms. The van der Waals surface area contributed by atoms with E-state index in [0.717, 1.165) is 49.1 Å². The Morgan fingerprint density at radius 1 is 1.39 bits per heavy atom. The van der Waals surface area contributed by atoms with E-state index in [1.54, 1.807) is 0 Å². The number of aliphatic hydroxyl groups excluding tert-OH is 1. The maximum Gasteiger partial charge on any atom is 0.0767 e. The topological polar surface area (TPSA) is 50.1 Å². The molecule has 0 aliphatic heterocycles. The van der Waals surface area contributed by atoms with E-state index < -0.39 is 0 Å². The fourth-order valence-corrected chi connectivity index (χ4v) is 2.57. The van der Waals surface area contributed by atoms with Crippen LogP contribution in [0.4, 0.5) is 0 Å². The van der Waals surface area contributed by atoms with Crippen LogP contribution in [0.1, 0.15) is 45.0 Å². The second kappa shape index (κ2) is 7.92. The van der Waals surface area contributed by atoms with Gasteiger partial charge in [-0.15, -0.1) is 0 Å². The number of rotatable bonds is 8. The second-order valence-corrected chi connectivity index (χ2v) is 5.20. The molecule has 0 spiro atoms. The summed E-state index contributed by atoms with van der Waals surface area (Å²) < 4.78 is 3.15. The third kappa shape index (κ3) is 4.07. The molecule has 0 aliphatic carbocycles. The van der Waals surface area contributed by atoms with Crippen molar-refractivity contribution in [2.24, 2.45) is 0 Å². The Kier molecular flexibility index (Phi) is 6.89. The largest absolute Gasteiger partial charge is 0.393 e. The fourth-order valence-electron chi connectivity index (χ4n) is 1.87. The van der Waals surface area contributed by atoms with Gasteiger partial charge in [-0.3, -0.25) is 4.68 Å². The highest BCUT2D eigenvalue weighted by molar-refractivity contribution is 9.10. The number of nitrogens with zero attached hydrogens (tertiary/aromatic N) is 2. The minimum absolute atomic E-state index is 0.191. The summed E-state index contributed by atoms with van der Waals surface area (Å²) in [6.07, 6.45) is 2.37. The molecule has 1 rings (SSSR count). The molecule has 0 aromatic carbocycles. The lowest BCUT2D eigenvalue weighted by Crippen LogP contribution is -2.21. The van der Waals surface area contributed by atoms with Crippen LogP contribution < -0.4 is 5.32 Å². The molecule has 0 saturated heterocycles. The first kappa shape index (κ1) is 15.7. The summed E-state index contributed by atoms with van der Waals surface area (Å²) in [6.45, 7) is 8.72. The van der Waals surface area contributed by atoms with E-state index in [-0.39, 0.29) is 6.10 Å². The lowest BCUT2D eigenvalue weighted by atomic mass is 10.2. The zero-order chi connectivity index (χ0) is 13.5. The summed E-state index contributed by atoms with van der Waals surface area (Å²) >= 11 is 3.63. The van der Waals surface area contributed by atoms with Crippen LogP contribution in [0, 0.1) is 0 Å². The van der Waals surface area contributed by atoms with Crippen LogP contribution in [0.2, 0.25) is 0 Å². The second-order valence-electron chi connectivity index (χ2n) is 4.40. The summed E-state index contributed by atoms with van der Waals surface area (Å²) in [5.74, 6) is 0. The summed E-state index contributed by atoms with van der Waals surface area (Å²) in [6, 6.07) is 0. The molecule has 0 aliphatic rings. The molecule has 2 N–H and O–H groups in total. The van der Waals surface area contributed by atoms with Crippen molar-refractivity contribution >= 4 is 15.9 Å². The van der Waals surface area contributed by atoms with Crippen LogP contribution in [-0.2, 0) is 19.5 Å². The van der Waals surface area contributed by atoms with Crippen molar-refractivity contribution in [3.8, 4) is 0 Å². The molecule has 0 amide bonds. The molecule has 1 aromatic heterocycles. The van der Waals surface area contributed by atoms with Crippen molar-refractivity contribution in [3.05, 3.63) is 15.9 Å². The molecular formula is C13H24BrN3O. The van der Waals surface area contributed by atoms with Crippen molar-refractivity contribution in [1.82, 2.24) is 15.1 Å².